The Morgan fingerprint density at radius 1 is 0.733 bits per heavy atom. The van der Waals surface area contributed by atoms with Gasteiger partial charge in [-0.1, -0.05) is 140 Å². The first-order chi connectivity index (χ1) is 14.7. The van der Waals surface area contributed by atoms with Crippen LogP contribution < -0.4 is 0 Å². The Bertz CT molecular complexity index is 405. The normalized spacial score (nSPS) is 11.3. The fraction of sp³-hybridized carbons (Fsp3) is 0.724. The highest BCUT2D eigenvalue weighted by molar-refractivity contribution is 5.12. The number of hydrogen-bond donors (Lipinski definition) is 0. The average Bonchev–Trinajstić information content (AvgIpc) is 2.77. The molecule has 0 radical (unpaired) electrons. The van der Waals surface area contributed by atoms with Crippen LogP contribution >= 0.6 is 0 Å². The summed E-state index contributed by atoms with van der Waals surface area (Å²) in [5.74, 6) is 0. The molecule has 0 aliphatic rings. The standard InChI is InChI=1S/C19H39N.C10H16/c1-4-6-7-8-9-10-11-12-13-14-15-16-17-18-19-20(3)5-2;1-4-7-9-10(6-3)8-5-2/h5H,2,4,6-19H2,1,3H3;4-5,7-8H,2,6,9H2,1,3H3/b;7-4?,10-8-. The number of hydrogen-bond acceptors (Lipinski definition) is 1. The lowest BCUT2D eigenvalue weighted by molar-refractivity contribution is 0.429. The Hall–Kier alpha value is -1.24. The third-order valence-electron chi connectivity index (χ3n) is 5.60. The van der Waals surface area contributed by atoms with Crippen LogP contribution in [0.4, 0.5) is 0 Å². The Morgan fingerprint density at radius 3 is 1.57 bits per heavy atom. The molecular formula is C29H55N. The molecule has 0 bridgehead atoms. The first kappa shape index (κ1) is 30.9. The van der Waals surface area contributed by atoms with Gasteiger partial charge in [-0.05, 0) is 32.4 Å². The highest BCUT2D eigenvalue weighted by Gasteiger charge is 1.95. The monoisotopic (exact) mass is 417 g/mol. The molecule has 0 aromatic heterocycles. The highest BCUT2D eigenvalue weighted by atomic mass is 15.1. The fourth-order valence-electron chi connectivity index (χ4n) is 3.41. The molecule has 0 heterocycles. The fourth-order valence-corrected chi connectivity index (χ4v) is 3.41. The molecule has 0 spiro atoms. The number of nitrogens with zero attached hydrogens (tertiary/aromatic N) is 1. The van der Waals surface area contributed by atoms with Crippen LogP contribution in [0.3, 0.4) is 0 Å². The number of rotatable bonds is 20. The first-order valence-electron chi connectivity index (χ1n) is 12.9. The van der Waals surface area contributed by atoms with E-state index in [1.807, 2.05) is 19.2 Å². The molecule has 0 aliphatic heterocycles. The van der Waals surface area contributed by atoms with E-state index in [9.17, 15) is 0 Å². The van der Waals surface area contributed by atoms with Crippen LogP contribution in [0.15, 0.2) is 49.2 Å². The lowest BCUT2D eigenvalue weighted by Crippen LogP contribution is -2.11. The summed E-state index contributed by atoms with van der Waals surface area (Å²) in [6, 6.07) is 0. The van der Waals surface area contributed by atoms with Gasteiger partial charge in [-0.15, -0.1) is 0 Å². The van der Waals surface area contributed by atoms with Crippen LogP contribution in [0.2, 0.25) is 0 Å². The number of allylic oxidation sites excluding steroid dienone is 5. The maximum atomic E-state index is 3.77. The Labute approximate surface area is 191 Å². The van der Waals surface area contributed by atoms with Gasteiger partial charge >= 0.3 is 0 Å². The molecule has 0 fully saturated rings. The second kappa shape index (κ2) is 27.8. The van der Waals surface area contributed by atoms with Gasteiger partial charge in [-0.2, -0.15) is 0 Å². The van der Waals surface area contributed by atoms with Crippen molar-refractivity contribution in [1.29, 1.82) is 0 Å². The van der Waals surface area contributed by atoms with E-state index in [4.69, 9.17) is 0 Å². The molecule has 0 aromatic carbocycles. The van der Waals surface area contributed by atoms with Crippen LogP contribution in [-0.4, -0.2) is 18.5 Å². The number of unbranched alkanes of at least 4 members (excludes halogenated alkanes) is 13. The first-order valence-corrected chi connectivity index (χ1v) is 12.9. The van der Waals surface area contributed by atoms with Gasteiger partial charge in [0.15, 0.2) is 0 Å². The minimum absolute atomic E-state index is 1.07. The molecular weight excluding hydrogens is 362 g/mol. The molecule has 0 amide bonds. The van der Waals surface area contributed by atoms with Crippen LogP contribution in [0, 0.1) is 0 Å². The van der Waals surface area contributed by atoms with Crippen LogP contribution in [0.1, 0.15) is 124 Å². The van der Waals surface area contributed by atoms with Gasteiger partial charge in [0.2, 0.25) is 0 Å². The summed E-state index contributed by atoms with van der Waals surface area (Å²) in [5, 5.41) is 0. The van der Waals surface area contributed by atoms with Crippen molar-refractivity contribution < 1.29 is 0 Å². The molecule has 0 saturated carbocycles. The average molecular weight is 418 g/mol. The van der Waals surface area contributed by atoms with Gasteiger partial charge in [0.25, 0.3) is 0 Å². The molecule has 0 aliphatic carbocycles. The molecule has 0 unspecified atom stereocenters. The Balaban J connectivity index is 0. The summed E-state index contributed by atoms with van der Waals surface area (Å²) in [6.07, 6.45) is 32.3. The van der Waals surface area contributed by atoms with Crippen molar-refractivity contribution in [2.45, 2.75) is 124 Å². The molecule has 1 heteroatoms. The molecule has 176 valence electrons. The van der Waals surface area contributed by atoms with E-state index in [2.05, 4.69) is 57.2 Å². The zero-order valence-electron chi connectivity index (χ0n) is 21.3. The van der Waals surface area contributed by atoms with Crippen molar-refractivity contribution >= 4 is 0 Å². The molecule has 0 saturated heterocycles. The van der Waals surface area contributed by atoms with E-state index in [1.54, 1.807) is 0 Å². The van der Waals surface area contributed by atoms with Gasteiger partial charge in [-0.25, -0.2) is 0 Å². The van der Waals surface area contributed by atoms with E-state index in [-0.39, 0.29) is 0 Å². The third kappa shape index (κ3) is 26.8. The van der Waals surface area contributed by atoms with E-state index in [1.165, 1.54) is 102 Å². The quantitative estimate of drug-likeness (QED) is 0.108. The predicted octanol–water partition coefficient (Wildman–Crippen LogP) is 10.0. The molecule has 0 aromatic rings. The lowest BCUT2D eigenvalue weighted by atomic mass is 10.0. The third-order valence-corrected chi connectivity index (χ3v) is 5.60. The molecule has 0 N–H and O–H groups in total. The smallest absolute Gasteiger partial charge is 0.0169 e. The SMILES string of the molecule is C=C/C=C(/CC)CC=CC.C=CN(C)CCCCCCCCCCCCCCCC. The van der Waals surface area contributed by atoms with E-state index >= 15 is 0 Å². The summed E-state index contributed by atoms with van der Waals surface area (Å²) < 4.78 is 0. The van der Waals surface area contributed by atoms with E-state index in [0.29, 0.717) is 0 Å². The minimum atomic E-state index is 1.07. The van der Waals surface area contributed by atoms with Crippen LogP contribution in [0.25, 0.3) is 0 Å². The largest absolute Gasteiger partial charge is 0.381 e. The Morgan fingerprint density at radius 2 is 1.20 bits per heavy atom. The van der Waals surface area contributed by atoms with Crippen molar-refractivity contribution in [2.24, 2.45) is 0 Å². The zero-order valence-corrected chi connectivity index (χ0v) is 21.3. The van der Waals surface area contributed by atoms with Gasteiger partial charge in [0.05, 0.1) is 0 Å². The summed E-state index contributed by atoms with van der Waals surface area (Å²) in [5.41, 5.74) is 1.44. The molecule has 0 atom stereocenters. The van der Waals surface area contributed by atoms with E-state index < -0.39 is 0 Å². The van der Waals surface area contributed by atoms with Gasteiger partial charge in [0, 0.05) is 13.6 Å². The maximum absolute atomic E-state index is 3.77. The summed E-state index contributed by atoms with van der Waals surface area (Å²) >= 11 is 0. The molecule has 30 heavy (non-hydrogen) atoms. The summed E-state index contributed by atoms with van der Waals surface area (Å²) in [6.45, 7) is 15.1. The van der Waals surface area contributed by atoms with Crippen LogP contribution in [0.5, 0.6) is 0 Å². The van der Waals surface area contributed by atoms with Gasteiger partial charge in [0.1, 0.15) is 0 Å². The van der Waals surface area contributed by atoms with Crippen molar-refractivity contribution in [3.63, 3.8) is 0 Å². The summed E-state index contributed by atoms with van der Waals surface area (Å²) in [4.78, 5) is 2.18. The van der Waals surface area contributed by atoms with Crippen molar-refractivity contribution in [3.8, 4) is 0 Å². The zero-order chi connectivity index (χ0) is 22.7. The lowest BCUT2D eigenvalue weighted by Gasteiger charge is -2.12. The van der Waals surface area contributed by atoms with Crippen molar-refractivity contribution in [3.05, 3.63) is 49.2 Å². The highest BCUT2D eigenvalue weighted by Crippen LogP contribution is 2.13. The van der Waals surface area contributed by atoms with Gasteiger partial charge in [-0.3, -0.25) is 0 Å². The van der Waals surface area contributed by atoms with Crippen molar-refractivity contribution in [1.82, 2.24) is 4.90 Å². The van der Waals surface area contributed by atoms with Crippen molar-refractivity contribution in [2.75, 3.05) is 13.6 Å². The predicted molar refractivity (Wildman–Crippen MR) is 141 cm³/mol. The second-order valence-electron chi connectivity index (χ2n) is 8.45. The van der Waals surface area contributed by atoms with Crippen LogP contribution in [-0.2, 0) is 0 Å². The Kier molecular flexibility index (Phi) is 28.6. The van der Waals surface area contributed by atoms with E-state index in [0.717, 1.165) is 12.8 Å². The topological polar surface area (TPSA) is 3.24 Å². The maximum Gasteiger partial charge on any atom is 0.0169 e. The second-order valence-corrected chi connectivity index (χ2v) is 8.45. The molecule has 1 nitrogen and oxygen atoms in total. The summed E-state index contributed by atoms with van der Waals surface area (Å²) in [7, 11) is 2.11. The minimum Gasteiger partial charge on any atom is -0.381 e. The van der Waals surface area contributed by atoms with Gasteiger partial charge < -0.3 is 4.90 Å². The molecule has 0 rings (SSSR count).